The summed E-state index contributed by atoms with van der Waals surface area (Å²) in [6.07, 6.45) is 14.6. The van der Waals surface area contributed by atoms with E-state index in [2.05, 4.69) is 40.7 Å². The Kier molecular flexibility index (Phi) is 7.27. The molecule has 36 heavy (non-hydrogen) atoms. The summed E-state index contributed by atoms with van der Waals surface area (Å²) in [5.74, 6) is 5.64. The van der Waals surface area contributed by atoms with Crippen molar-refractivity contribution in [1.82, 2.24) is 0 Å². The van der Waals surface area contributed by atoms with Gasteiger partial charge in [-0.15, -0.1) is 0 Å². The molecule has 1 aromatic rings. The first-order chi connectivity index (χ1) is 17.1. The summed E-state index contributed by atoms with van der Waals surface area (Å²) < 4.78 is 6.71. The van der Waals surface area contributed by atoms with E-state index < -0.39 is 0 Å². The van der Waals surface area contributed by atoms with E-state index >= 15 is 0 Å². The second kappa shape index (κ2) is 10.0. The van der Waals surface area contributed by atoms with E-state index in [1.54, 1.807) is 0 Å². The molecule has 0 saturated heterocycles. The van der Waals surface area contributed by atoms with Crippen LogP contribution in [-0.2, 0) is 0 Å². The standard InChI is InChI=1S/C33H51NO2/c1-21(2)7-6-8-22(3)28-15-16-29-27-14-9-23-19-25(35)20-31(36-26-12-10-24(34)11-13-26)33(23,5)30(27)17-18-32(28,29)4/h9-13,21-22,25,27-31,35H,6-8,14-20,34H2,1-5H3/t22-,25-,27+,28-,29+,30+,31?,32-,33+/m1/s1. The second-order valence-electron chi connectivity index (χ2n) is 13.9. The van der Waals surface area contributed by atoms with Gasteiger partial charge in [0.2, 0.25) is 0 Å². The number of ether oxygens (including phenoxy) is 1. The van der Waals surface area contributed by atoms with Crippen LogP contribution in [0.3, 0.4) is 0 Å². The van der Waals surface area contributed by atoms with E-state index in [9.17, 15) is 5.11 Å². The SMILES string of the molecule is CC(C)CCC[C@@H](C)[C@H]1CC[C@H]2[C@@H]3CC=C4C[C@@H](O)CC(Oc5ccc(N)cc5)[C@]4(C)[C@H]3CC[C@]12C. The first-order valence-corrected chi connectivity index (χ1v) is 15.0. The third-order valence-corrected chi connectivity index (χ3v) is 11.5. The molecule has 3 saturated carbocycles. The fraction of sp³-hybridized carbons (Fsp3) is 0.758. The van der Waals surface area contributed by atoms with Crippen LogP contribution < -0.4 is 10.5 Å². The van der Waals surface area contributed by atoms with Crippen molar-refractivity contribution in [2.45, 2.75) is 111 Å². The van der Waals surface area contributed by atoms with Gasteiger partial charge in [0.05, 0.1) is 6.10 Å². The smallest absolute Gasteiger partial charge is 0.119 e. The Bertz CT molecular complexity index is 938. The Balaban J connectivity index is 1.37. The zero-order valence-corrected chi connectivity index (χ0v) is 23.5. The first-order valence-electron chi connectivity index (χ1n) is 15.0. The van der Waals surface area contributed by atoms with Crippen molar-refractivity contribution in [2.24, 2.45) is 46.3 Å². The molecule has 0 bridgehead atoms. The van der Waals surface area contributed by atoms with Gasteiger partial charge < -0.3 is 15.6 Å². The molecule has 200 valence electrons. The van der Waals surface area contributed by atoms with Crippen molar-refractivity contribution in [3.63, 3.8) is 0 Å². The van der Waals surface area contributed by atoms with Gasteiger partial charge in [0, 0.05) is 17.5 Å². The Hall–Kier alpha value is -1.48. The van der Waals surface area contributed by atoms with Gasteiger partial charge in [-0.25, -0.2) is 0 Å². The zero-order chi connectivity index (χ0) is 25.7. The van der Waals surface area contributed by atoms with Crippen LogP contribution in [0.4, 0.5) is 5.69 Å². The van der Waals surface area contributed by atoms with E-state index in [1.807, 2.05) is 24.3 Å². The summed E-state index contributed by atoms with van der Waals surface area (Å²) in [6, 6.07) is 7.82. The maximum atomic E-state index is 10.8. The van der Waals surface area contributed by atoms with Crippen LogP contribution in [0.2, 0.25) is 0 Å². The molecule has 3 nitrogen and oxygen atoms in total. The van der Waals surface area contributed by atoms with Crippen LogP contribution in [0.1, 0.15) is 98.8 Å². The fourth-order valence-corrected chi connectivity index (χ4v) is 9.58. The summed E-state index contributed by atoms with van der Waals surface area (Å²) in [4.78, 5) is 0. The van der Waals surface area contributed by atoms with Crippen molar-refractivity contribution in [2.75, 3.05) is 5.73 Å². The lowest BCUT2D eigenvalue weighted by Gasteiger charge is -2.60. The van der Waals surface area contributed by atoms with E-state index in [0.717, 1.165) is 53.9 Å². The molecule has 1 unspecified atom stereocenters. The molecule has 5 rings (SSSR count). The molecule has 0 heterocycles. The molecule has 9 atom stereocenters. The zero-order valence-electron chi connectivity index (χ0n) is 23.5. The minimum atomic E-state index is -0.309. The molecule has 0 aromatic heterocycles. The van der Waals surface area contributed by atoms with E-state index in [-0.39, 0.29) is 17.6 Å². The predicted molar refractivity (Wildman–Crippen MR) is 150 cm³/mol. The van der Waals surface area contributed by atoms with Crippen molar-refractivity contribution < 1.29 is 9.84 Å². The van der Waals surface area contributed by atoms with E-state index in [0.29, 0.717) is 11.3 Å². The van der Waals surface area contributed by atoms with Crippen LogP contribution in [0.5, 0.6) is 5.75 Å². The summed E-state index contributed by atoms with van der Waals surface area (Å²) in [5, 5.41) is 10.8. The predicted octanol–water partition coefficient (Wildman–Crippen LogP) is 8.03. The summed E-state index contributed by atoms with van der Waals surface area (Å²) in [7, 11) is 0. The molecule has 0 amide bonds. The molecule has 3 N–H and O–H groups in total. The van der Waals surface area contributed by atoms with Crippen LogP contribution in [0, 0.1) is 46.3 Å². The van der Waals surface area contributed by atoms with E-state index in [1.165, 1.54) is 56.9 Å². The largest absolute Gasteiger partial charge is 0.489 e. The average molecular weight is 494 g/mol. The topological polar surface area (TPSA) is 55.5 Å². The molecular formula is C33H51NO2. The van der Waals surface area contributed by atoms with Gasteiger partial charge in [-0.1, -0.05) is 65.5 Å². The highest BCUT2D eigenvalue weighted by Gasteiger charge is 2.61. The number of nitrogen functional groups attached to an aromatic ring is 1. The average Bonchev–Trinajstić information content (AvgIpc) is 3.18. The number of aliphatic hydroxyl groups excluding tert-OH is 1. The number of nitrogens with two attached hydrogens (primary N) is 1. The number of hydrogen-bond acceptors (Lipinski definition) is 3. The highest BCUT2D eigenvalue weighted by atomic mass is 16.5. The van der Waals surface area contributed by atoms with Crippen molar-refractivity contribution in [1.29, 1.82) is 0 Å². The monoisotopic (exact) mass is 493 g/mol. The van der Waals surface area contributed by atoms with Crippen molar-refractivity contribution in [3.8, 4) is 5.75 Å². The lowest BCUT2D eigenvalue weighted by atomic mass is 9.46. The third-order valence-electron chi connectivity index (χ3n) is 11.5. The molecule has 1 aromatic carbocycles. The van der Waals surface area contributed by atoms with Gasteiger partial charge in [0.25, 0.3) is 0 Å². The summed E-state index contributed by atoms with van der Waals surface area (Å²) in [6.45, 7) is 12.4. The van der Waals surface area contributed by atoms with Crippen molar-refractivity contribution in [3.05, 3.63) is 35.9 Å². The highest BCUT2D eigenvalue weighted by molar-refractivity contribution is 5.42. The summed E-state index contributed by atoms with van der Waals surface area (Å²) in [5.41, 5.74) is 8.65. The van der Waals surface area contributed by atoms with Gasteiger partial charge in [-0.3, -0.25) is 0 Å². The maximum absolute atomic E-state index is 10.8. The maximum Gasteiger partial charge on any atom is 0.119 e. The van der Waals surface area contributed by atoms with Crippen LogP contribution in [0.15, 0.2) is 35.9 Å². The van der Waals surface area contributed by atoms with Crippen LogP contribution >= 0.6 is 0 Å². The normalized spacial score (nSPS) is 40.7. The molecule has 3 fully saturated rings. The van der Waals surface area contributed by atoms with Crippen LogP contribution in [0.25, 0.3) is 0 Å². The number of anilines is 1. The van der Waals surface area contributed by atoms with Gasteiger partial charge in [-0.05, 0) is 104 Å². The van der Waals surface area contributed by atoms with Gasteiger partial charge in [-0.2, -0.15) is 0 Å². The number of fused-ring (bicyclic) bond motifs is 5. The highest BCUT2D eigenvalue weighted by Crippen LogP contribution is 2.67. The van der Waals surface area contributed by atoms with Gasteiger partial charge in [0.15, 0.2) is 0 Å². The first kappa shape index (κ1) is 26.1. The lowest BCUT2D eigenvalue weighted by Crippen LogP contribution is -2.57. The number of hydrogen-bond donors (Lipinski definition) is 2. The molecule has 0 aliphatic heterocycles. The quantitative estimate of drug-likeness (QED) is 0.298. The molecule has 4 aliphatic rings. The number of benzene rings is 1. The van der Waals surface area contributed by atoms with Crippen molar-refractivity contribution >= 4 is 5.69 Å². The number of allylic oxidation sites excluding steroid dienone is 1. The third kappa shape index (κ3) is 4.52. The molecule has 4 aliphatic carbocycles. The second-order valence-corrected chi connectivity index (χ2v) is 13.9. The minimum Gasteiger partial charge on any atom is -0.489 e. The fourth-order valence-electron chi connectivity index (χ4n) is 9.58. The van der Waals surface area contributed by atoms with E-state index in [4.69, 9.17) is 10.5 Å². The minimum absolute atomic E-state index is 0.00578. The number of aliphatic hydroxyl groups is 1. The number of rotatable bonds is 7. The Morgan fingerprint density at radius 3 is 2.50 bits per heavy atom. The van der Waals surface area contributed by atoms with Gasteiger partial charge in [0.1, 0.15) is 11.9 Å². The lowest BCUT2D eigenvalue weighted by molar-refractivity contribution is -0.0997. The van der Waals surface area contributed by atoms with Gasteiger partial charge >= 0.3 is 0 Å². The summed E-state index contributed by atoms with van der Waals surface area (Å²) >= 11 is 0. The molecule has 0 spiro atoms. The molecule has 3 heteroatoms. The Morgan fingerprint density at radius 2 is 1.78 bits per heavy atom. The molecule has 0 radical (unpaired) electrons. The Morgan fingerprint density at radius 1 is 1.03 bits per heavy atom. The molecular weight excluding hydrogens is 442 g/mol. The Labute approximate surface area is 220 Å². The van der Waals surface area contributed by atoms with Crippen LogP contribution in [-0.4, -0.2) is 17.3 Å².